The zero-order chi connectivity index (χ0) is 22.2. The van der Waals surface area contributed by atoms with Crippen molar-refractivity contribution in [2.24, 2.45) is 5.92 Å². The Morgan fingerprint density at radius 3 is 2.65 bits per heavy atom. The molecule has 1 atom stereocenters. The first kappa shape index (κ1) is 22.0. The number of nitriles is 1. The Hall–Kier alpha value is -3.66. The van der Waals surface area contributed by atoms with Gasteiger partial charge in [-0.15, -0.1) is 0 Å². The fourth-order valence-electron chi connectivity index (χ4n) is 3.28. The van der Waals surface area contributed by atoms with Crippen LogP contribution in [-0.2, 0) is 4.79 Å². The summed E-state index contributed by atoms with van der Waals surface area (Å²) in [7, 11) is 1.52. The molecule has 0 spiro atoms. The van der Waals surface area contributed by atoms with Crippen LogP contribution in [0.5, 0.6) is 23.0 Å². The number of nitrogens with zero attached hydrogens (tertiary/aromatic N) is 1. The fraction of sp³-hybridized carbons (Fsp3) is 0.333. The van der Waals surface area contributed by atoms with Gasteiger partial charge < -0.3 is 24.3 Å². The molecule has 0 saturated heterocycles. The van der Waals surface area contributed by atoms with E-state index in [0.717, 1.165) is 16.9 Å². The van der Waals surface area contributed by atoms with Gasteiger partial charge in [-0.05, 0) is 47.4 Å². The quantitative estimate of drug-likeness (QED) is 0.649. The lowest BCUT2D eigenvalue weighted by atomic mass is 9.95. The van der Waals surface area contributed by atoms with Crippen LogP contribution in [0.4, 0.5) is 0 Å². The normalized spacial score (nSPS) is 13.5. The number of nitrogens with one attached hydrogen (secondary N) is 1. The maximum Gasteiger partial charge on any atom is 0.244 e. The van der Waals surface area contributed by atoms with Crippen molar-refractivity contribution >= 4 is 12.0 Å². The predicted octanol–water partition coefficient (Wildman–Crippen LogP) is 3.90. The molecular formula is C24H26N2O5. The van der Waals surface area contributed by atoms with Gasteiger partial charge in [0.1, 0.15) is 19.3 Å². The SMILES string of the molecule is COc1cc(/C=C/C(=O)N[C@H](c2ccc3c(c2)OCCO3)C(C)C)ccc1OCC#N. The molecule has 0 aliphatic carbocycles. The van der Waals surface area contributed by atoms with Gasteiger partial charge >= 0.3 is 0 Å². The van der Waals surface area contributed by atoms with E-state index in [1.54, 1.807) is 24.3 Å². The number of benzene rings is 2. The summed E-state index contributed by atoms with van der Waals surface area (Å²) in [5.41, 5.74) is 1.73. The largest absolute Gasteiger partial charge is 0.493 e. The minimum Gasteiger partial charge on any atom is -0.493 e. The Kier molecular flexibility index (Phi) is 7.39. The number of hydrogen-bond donors (Lipinski definition) is 1. The summed E-state index contributed by atoms with van der Waals surface area (Å²) in [6.07, 6.45) is 3.19. The van der Waals surface area contributed by atoms with Crippen molar-refractivity contribution in [3.05, 3.63) is 53.6 Å². The molecule has 0 bridgehead atoms. The van der Waals surface area contributed by atoms with Gasteiger partial charge in [-0.2, -0.15) is 5.26 Å². The van der Waals surface area contributed by atoms with Gasteiger partial charge in [0.15, 0.2) is 29.6 Å². The van der Waals surface area contributed by atoms with Crippen LogP contribution in [0.2, 0.25) is 0 Å². The van der Waals surface area contributed by atoms with Crippen LogP contribution < -0.4 is 24.3 Å². The van der Waals surface area contributed by atoms with Crippen LogP contribution >= 0.6 is 0 Å². The molecule has 7 nitrogen and oxygen atoms in total. The van der Waals surface area contributed by atoms with Crippen molar-refractivity contribution in [3.8, 4) is 29.1 Å². The number of hydrogen-bond acceptors (Lipinski definition) is 6. The van der Waals surface area contributed by atoms with E-state index in [4.69, 9.17) is 24.2 Å². The number of carbonyl (C=O) groups is 1. The molecule has 3 rings (SSSR count). The average Bonchev–Trinajstić information content (AvgIpc) is 2.79. The lowest BCUT2D eigenvalue weighted by Gasteiger charge is -2.25. The monoisotopic (exact) mass is 422 g/mol. The Morgan fingerprint density at radius 2 is 1.94 bits per heavy atom. The summed E-state index contributed by atoms with van der Waals surface area (Å²) in [5.74, 6) is 2.36. The van der Waals surface area contributed by atoms with E-state index in [2.05, 4.69) is 19.2 Å². The molecule has 0 radical (unpaired) electrons. The highest BCUT2D eigenvalue weighted by Gasteiger charge is 2.20. The Bertz CT molecular complexity index is 994. The van der Waals surface area contributed by atoms with Gasteiger partial charge in [-0.3, -0.25) is 4.79 Å². The molecule has 0 unspecified atom stereocenters. The molecule has 1 heterocycles. The van der Waals surface area contributed by atoms with Gasteiger partial charge in [0, 0.05) is 6.08 Å². The highest BCUT2D eigenvalue weighted by atomic mass is 16.6. The number of ether oxygens (including phenoxy) is 4. The minimum absolute atomic E-state index is 0.0651. The third-order valence-electron chi connectivity index (χ3n) is 4.80. The topological polar surface area (TPSA) is 89.8 Å². The van der Waals surface area contributed by atoms with Crippen LogP contribution in [0.3, 0.4) is 0 Å². The second kappa shape index (κ2) is 10.4. The summed E-state index contributed by atoms with van der Waals surface area (Å²) in [4.78, 5) is 12.6. The molecular weight excluding hydrogens is 396 g/mol. The van der Waals surface area contributed by atoms with E-state index in [-0.39, 0.29) is 24.5 Å². The lowest BCUT2D eigenvalue weighted by Crippen LogP contribution is -2.30. The van der Waals surface area contributed by atoms with Gasteiger partial charge in [-0.25, -0.2) is 0 Å². The zero-order valence-electron chi connectivity index (χ0n) is 17.9. The first-order valence-corrected chi connectivity index (χ1v) is 10.1. The summed E-state index contributed by atoms with van der Waals surface area (Å²) in [6.45, 7) is 5.09. The Labute approximate surface area is 182 Å². The molecule has 7 heteroatoms. The van der Waals surface area contributed by atoms with E-state index >= 15 is 0 Å². The number of fused-ring (bicyclic) bond motifs is 1. The number of carbonyl (C=O) groups excluding carboxylic acids is 1. The molecule has 2 aromatic rings. The number of rotatable bonds is 8. The third kappa shape index (κ3) is 5.70. The van der Waals surface area contributed by atoms with Gasteiger partial charge in [0.2, 0.25) is 5.91 Å². The van der Waals surface area contributed by atoms with Crippen LogP contribution in [0.25, 0.3) is 6.08 Å². The van der Waals surface area contributed by atoms with Crippen molar-refractivity contribution in [3.63, 3.8) is 0 Å². The van der Waals surface area contributed by atoms with E-state index in [1.807, 2.05) is 24.3 Å². The standard InChI is InChI=1S/C24H26N2O5/c1-16(2)24(18-6-8-20-22(15-18)31-13-12-30-20)26-23(27)9-5-17-4-7-19(29-11-10-25)21(14-17)28-3/h4-9,14-16,24H,11-13H2,1-3H3,(H,26,27)/b9-5+/t24-/m0/s1. The van der Waals surface area contributed by atoms with Crippen LogP contribution in [0, 0.1) is 17.2 Å². The fourth-order valence-corrected chi connectivity index (χ4v) is 3.28. The van der Waals surface area contributed by atoms with E-state index in [0.29, 0.717) is 30.5 Å². The lowest BCUT2D eigenvalue weighted by molar-refractivity contribution is -0.117. The summed E-state index contributed by atoms with van der Waals surface area (Å²) >= 11 is 0. The van der Waals surface area contributed by atoms with Crippen LogP contribution in [-0.4, -0.2) is 32.8 Å². The number of methoxy groups -OCH3 is 1. The summed E-state index contributed by atoms with van der Waals surface area (Å²) in [5, 5.41) is 11.7. The maximum atomic E-state index is 12.6. The number of amides is 1. The Balaban J connectivity index is 1.70. The third-order valence-corrected chi connectivity index (χ3v) is 4.80. The summed E-state index contributed by atoms with van der Waals surface area (Å²) in [6, 6.07) is 12.7. The van der Waals surface area contributed by atoms with Gasteiger partial charge in [-0.1, -0.05) is 26.0 Å². The van der Waals surface area contributed by atoms with Crippen molar-refractivity contribution < 1.29 is 23.7 Å². The van der Waals surface area contributed by atoms with Crippen LogP contribution in [0.15, 0.2) is 42.5 Å². The first-order chi connectivity index (χ1) is 15.0. The minimum atomic E-state index is -0.211. The molecule has 0 saturated carbocycles. The second-order valence-corrected chi connectivity index (χ2v) is 7.32. The molecule has 1 N–H and O–H groups in total. The maximum absolute atomic E-state index is 12.6. The van der Waals surface area contributed by atoms with E-state index in [1.165, 1.54) is 13.2 Å². The average molecular weight is 422 g/mol. The van der Waals surface area contributed by atoms with Crippen molar-refractivity contribution in [1.82, 2.24) is 5.32 Å². The van der Waals surface area contributed by atoms with Crippen molar-refractivity contribution in [2.75, 3.05) is 26.9 Å². The van der Waals surface area contributed by atoms with E-state index < -0.39 is 0 Å². The highest BCUT2D eigenvalue weighted by molar-refractivity contribution is 5.92. The molecule has 2 aromatic carbocycles. The second-order valence-electron chi connectivity index (χ2n) is 7.32. The predicted molar refractivity (Wildman–Crippen MR) is 116 cm³/mol. The molecule has 1 aliphatic rings. The highest BCUT2D eigenvalue weighted by Crippen LogP contribution is 2.34. The van der Waals surface area contributed by atoms with Crippen molar-refractivity contribution in [1.29, 1.82) is 5.26 Å². The van der Waals surface area contributed by atoms with Crippen LogP contribution in [0.1, 0.15) is 31.0 Å². The van der Waals surface area contributed by atoms with E-state index in [9.17, 15) is 4.79 Å². The smallest absolute Gasteiger partial charge is 0.244 e. The molecule has 0 fully saturated rings. The van der Waals surface area contributed by atoms with Gasteiger partial charge in [0.05, 0.1) is 13.2 Å². The molecule has 0 aromatic heterocycles. The zero-order valence-corrected chi connectivity index (χ0v) is 17.9. The Morgan fingerprint density at radius 1 is 1.16 bits per heavy atom. The first-order valence-electron chi connectivity index (χ1n) is 10.1. The molecule has 31 heavy (non-hydrogen) atoms. The molecule has 1 aliphatic heterocycles. The van der Waals surface area contributed by atoms with Crippen molar-refractivity contribution in [2.45, 2.75) is 19.9 Å². The van der Waals surface area contributed by atoms with Gasteiger partial charge in [0.25, 0.3) is 0 Å². The molecule has 162 valence electrons. The molecule has 1 amide bonds. The summed E-state index contributed by atoms with van der Waals surface area (Å²) < 4.78 is 21.9.